The van der Waals surface area contributed by atoms with E-state index in [9.17, 15) is 27.2 Å². The van der Waals surface area contributed by atoms with E-state index in [1.54, 1.807) is 0 Å². The molecule has 2 aromatic carbocycles. The maximum atomic E-state index is 13.7. The molecule has 1 N–H and O–H groups in total. The van der Waals surface area contributed by atoms with Crippen LogP contribution in [0.4, 0.5) is 23.2 Å². The molecule has 0 saturated heterocycles. The van der Waals surface area contributed by atoms with Gasteiger partial charge in [0.2, 0.25) is 0 Å². The average molecular weight is 450 g/mol. The number of unbranched alkanes of at least 4 members (excludes halogenated alkanes) is 1. The zero-order valence-electron chi connectivity index (χ0n) is 16.8. The van der Waals surface area contributed by atoms with E-state index in [0.717, 1.165) is 37.1 Å². The minimum atomic E-state index is -4.96. The Labute approximate surface area is 180 Å². The summed E-state index contributed by atoms with van der Waals surface area (Å²) in [5.74, 6) is -2.33. The zero-order chi connectivity index (χ0) is 23.3. The minimum absolute atomic E-state index is 0.115. The Morgan fingerprint density at radius 3 is 2.31 bits per heavy atom. The number of amides is 1. The van der Waals surface area contributed by atoms with Crippen LogP contribution in [0.3, 0.4) is 0 Å². The van der Waals surface area contributed by atoms with E-state index >= 15 is 0 Å². The number of nitrogens with zero attached hydrogens (tertiary/aromatic N) is 3. The Balaban J connectivity index is 1.81. The Kier molecular flexibility index (Phi) is 6.86. The molecule has 0 bridgehead atoms. The quantitative estimate of drug-likeness (QED) is 0.322. The lowest BCUT2D eigenvalue weighted by Crippen LogP contribution is -2.21. The van der Waals surface area contributed by atoms with Crippen molar-refractivity contribution in [3.63, 3.8) is 0 Å². The van der Waals surface area contributed by atoms with Crippen LogP contribution >= 0.6 is 0 Å². The lowest BCUT2D eigenvalue weighted by molar-refractivity contribution is -0.143. The molecule has 3 aromatic rings. The van der Waals surface area contributed by atoms with Crippen LogP contribution in [0.1, 0.15) is 46.3 Å². The molecule has 1 amide bonds. The van der Waals surface area contributed by atoms with E-state index in [-0.39, 0.29) is 23.5 Å². The smallest absolute Gasteiger partial charge is 0.435 e. The molecule has 0 aliphatic heterocycles. The van der Waals surface area contributed by atoms with Gasteiger partial charge in [-0.25, -0.2) is 13.9 Å². The van der Waals surface area contributed by atoms with Crippen LogP contribution in [0.15, 0.2) is 48.5 Å². The van der Waals surface area contributed by atoms with Gasteiger partial charge in [0.15, 0.2) is 11.4 Å². The van der Waals surface area contributed by atoms with Gasteiger partial charge < -0.3 is 10.1 Å². The normalized spacial score (nSPS) is 11.3. The van der Waals surface area contributed by atoms with E-state index in [0.29, 0.717) is 4.68 Å². The van der Waals surface area contributed by atoms with Crippen LogP contribution in [0.5, 0.6) is 0 Å². The van der Waals surface area contributed by atoms with Crippen molar-refractivity contribution in [2.75, 3.05) is 11.9 Å². The molecule has 11 heteroatoms. The average Bonchev–Trinajstić information content (AvgIpc) is 3.21. The van der Waals surface area contributed by atoms with Gasteiger partial charge in [0.25, 0.3) is 5.91 Å². The number of carbonyl (C=O) groups excluding carboxylic acids is 2. The van der Waals surface area contributed by atoms with E-state index in [2.05, 4.69) is 15.6 Å². The van der Waals surface area contributed by atoms with Crippen molar-refractivity contribution in [2.24, 2.45) is 0 Å². The van der Waals surface area contributed by atoms with Gasteiger partial charge in [0.05, 0.1) is 17.9 Å². The second kappa shape index (κ2) is 9.58. The number of carbonyl (C=O) groups is 2. The van der Waals surface area contributed by atoms with Crippen molar-refractivity contribution in [2.45, 2.75) is 25.9 Å². The third kappa shape index (κ3) is 5.29. The van der Waals surface area contributed by atoms with E-state index < -0.39 is 35.3 Å². The third-order valence-corrected chi connectivity index (χ3v) is 4.33. The number of rotatable bonds is 7. The van der Waals surface area contributed by atoms with Crippen LogP contribution in [0.2, 0.25) is 0 Å². The summed E-state index contributed by atoms with van der Waals surface area (Å²) in [7, 11) is 0. The van der Waals surface area contributed by atoms with Crippen LogP contribution in [0, 0.1) is 5.82 Å². The standard InChI is InChI=1S/C21H18F4N4O3/c1-2-3-12-32-20(31)13-4-8-15(9-5-13)26-19(30)17-18(21(23,24)25)29(28-27-17)16-10-6-14(22)7-11-16/h4-11H,2-3,12H2,1H3,(H,26,30). The molecular formula is C21H18F4N4O3. The molecule has 32 heavy (non-hydrogen) atoms. The van der Waals surface area contributed by atoms with Gasteiger partial charge in [0, 0.05) is 5.69 Å². The SMILES string of the molecule is CCCCOC(=O)c1ccc(NC(=O)c2nnn(-c3ccc(F)cc3)c2C(F)(F)F)cc1. The number of halogens is 4. The van der Waals surface area contributed by atoms with Crippen LogP contribution in [-0.4, -0.2) is 33.5 Å². The molecule has 0 aliphatic carbocycles. The monoisotopic (exact) mass is 450 g/mol. The highest BCUT2D eigenvalue weighted by atomic mass is 19.4. The zero-order valence-corrected chi connectivity index (χ0v) is 16.8. The van der Waals surface area contributed by atoms with Gasteiger partial charge in [-0.2, -0.15) is 13.2 Å². The molecule has 0 unspecified atom stereocenters. The highest BCUT2D eigenvalue weighted by Gasteiger charge is 2.42. The number of nitrogens with one attached hydrogen (secondary N) is 1. The van der Waals surface area contributed by atoms with Gasteiger partial charge in [-0.05, 0) is 55.0 Å². The third-order valence-electron chi connectivity index (χ3n) is 4.33. The molecule has 0 radical (unpaired) electrons. The Hall–Kier alpha value is -3.76. The Morgan fingerprint density at radius 2 is 1.72 bits per heavy atom. The molecule has 0 saturated carbocycles. The molecule has 168 valence electrons. The number of hydrogen-bond donors (Lipinski definition) is 1. The maximum Gasteiger partial charge on any atom is 0.435 e. The molecule has 1 heterocycles. The molecule has 0 spiro atoms. The van der Waals surface area contributed by atoms with E-state index in [1.165, 1.54) is 24.3 Å². The van der Waals surface area contributed by atoms with Gasteiger partial charge in [-0.1, -0.05) is 18.6 Å². The number of ether oxygens (including phenoxy) is 1. The van der Waals surface area contributed by atoms with Crippen molar-refractivity contribution in [1.29, 1.82) is 0 Å². The van der Waals surface area contributed by atoms with Gasteiger partial charge in [-0.15, -0.1) is 5.10 Å². The highest BCUT2D eigenvalue weighted by molar-refractivity contribution is 6.04. The summed E-state index contributed by atoms with van der Waals surface area (Å²) in [6.45, 7) is 2.23. The highest BCUT2D eigenvalue weighted by Crippen LogP contribution is 2.33. The number of benzene rings is 2. The van der Waals surface area contributed by atoms with Gasteiger partial charge in [0.1, 0.15) is 5.82 Å². The predicted molar refractivity (Wildman–Crippen MR) is 106 cm³/mol. The fourth-order valence-electron chi connectivity index (χ4n) is 2.72. The fraction of sp³-hybridized carbons (Fsp3) is 0.238. The summed E-state index contributed by atoms with van der Waals surface area (Å²) >= 11 is 0. The predicted octanol–water partition coefficient (Wildman–Crippen LogP) is 4.63. The summed E-state index contributed by atoms with van der Waals surface area (Å²) in [5.41, 5.74) is -2.10. The maximum absolute atomic E-state index is 13.7. The summed E-state index contributed by atoms with van der Waals surface area (Å²) in [4.78, 5) is 24.4. The summed E-state index contributed by atoms with van der Waals surface area (Å²) < 4.78 is 59.6. The Bertz CT molecular complexity index is 1090. The summed E-state index contributed by atoms with van der Waals surface area (Å²) in [5, 5.41) is 9.09. The van der Waals surface area contributed by atoms with Crippen molar-refractivity contribution < 1.29 is 31.9 Å². The Morgan fingerprint density at radius 1 is 1.06 bits per heavy atom. The first-order chi connectivity index (χ1) is 15.2. The number of alkyl halides is 3. The van der Waals surface area contributed by atoms with Gasteiger partial charge >= 0.3 is 12.1 Å². The first-order valence-electron chi connectivity index (χ1n) is 9.58. The first-order valence-corrected chi connectivity index (χ1v) is 9.58. The molecular weight excluding hydrogens is 432 g/mol. The lowest BCUT2D eigenvalue weighted by atomic mass is 10.2. The number of hydrogen-bond acceptors (Lipinski definition) is 5. The van der Waals surface area contributed by atoms with Crippen LogP contribution < -0.4 is 5.32 Å². The molecule has 3 rings (SSSR count). The molecule has 7 nitrogen and oxygen atoms in total. The molecule has 1 aromatic heterocycles. The molecule has 0 fully saturated rings. The lowest BCUT2D eigenvalue weighted by Gasteiger charge is -2.11. The van der Waals surface area contributed by atoms with Crippen molar-refractivity contribution in [1.82, 2.24) is 15.0 Å². The largest absolute Gasteiger partial charge is 0.462 e. The summed E-state index contributed by atoms with van der Waals surface area (Å²) in [6.07, 6.45) is -3.37. The van der Waals surface area contributed by atoms with Crippen molar-refractivity contribution in [3.05, 3.63) is 71.3 Å². The second-order valence-electron chi connectivity index (χ2n) is 6.69. The van der Waals surface area contributed by atoms with E-state index in [1.807, 2.05) is 6.92 Å². The van der Waals surface area contributed by atoms with Crippen LogP contribution in [-0.2, 0) is 10.9 Å². The van der Waals surface area contributed by atoms with Gasteiger partial charge in [-0.3, -0.25) is 4.79 Å². The molecule has 0 atom stereocenters. The number of anilines is 1. The number of esters is 1. The summed E-state index contributed by atoms with van der Waals surface area (Å²) in [6, 6.07) is 9.56. The topological polar surface area (TPSA) is 86.1 Å². The fourth-order valence-corrected chi connectivity index (χ4v) is 2.72. The van der Waals surface area contributed by atoms with Crippen molar-refractivity contribution >= 4 is 17.6 Å². The first kappa shape index (κ1) is 22.9. The minimum Gasteiger partial charge on any atom is -0.462 e. The van der Waals surface area contributed by atoms with Crippen LogP contribution in [0.25, 0.3) is 5.69 Å². The van der Waals surface area contributed by atoms with Crippen molar-refractivity contribution in [3.8, 4) is 5.69 Å². The second-order valence-corrected chi connectivity index (χ2v) is 6.69. The number of aromatic nitrogens is 3. The molecule has 0 aliphatic rings. The van der Waals surface area contributed by atoms with E-state index in [4.69, 9.17) is 4.74 Å².